The topological polar surface area (TPSA) is 50.5 Å². The highest BCUT2D eigenvalue weighted by Crippen LogP contribution is 2.15. The highest BCUT2D eigenvalue weighted by molar-refractivity contribution is 5.02. The Morgan fingerprint density at radius 2 is 1.87 bits per heavy atom. The molecule has 1 aliphatic heterocycles. The lowest BCUT2D eigenvalue weighted by atomic mass is 10.0. The van der Waals surface area contributed by atoms with Crippen molar-refractivity contribution in [2.24, 2.45) is 0 Å². The van der Waals surface area contributed by atoms with Gasteiger partial charge in [0, 0.05) is 32.7 Å². The normalized spacial score (nSPS) is 22.3. The second-order valence-electron chi connectivity index (χ2n) is 4.81. The summed E-state index contributed by atoms with van der Waals surface area (Å²) < 4.78 is 0. The zero-order valence-electron chi connectivity index (χ0n) is 9.90. The first-order valence-electron chi connectivity index (χ1n) is 5.52. The molecule has 1 fully saturated rings. The third kappa shape index (κ3) is 3.45. The number of aliphatic hydroxyl groups excluding tert-OH is 1. The molecule has 0 aliphatic carbocycles. The van der Waals surface area contributed by atoms with Crippen LogP contribution in [0.25, 0.3) is 0 Å². The molecule has 1 saturated heterocycles. The fraction of sp³-hybridized carbons (Fsp3) is 0.909. The lowest BCUT2D eigenvalue weighted by Crippen LogP contribution is -2.54. The Kier molecular flexibility index (Phi) is 4.09. The first kappa shape index (κ1) is 12.4. The van der Waals surface area contributed by atoms with E-state index in [0.29, 0.717) is 0 Å². The van der Waals surface area contributed by atoms with Crippen LogP contribution in [-0.2, 0) is 0 Å². The molecular weight excluding hydrogens is 190 g/mol. The van der Waals surface area contributed by atoms with Gasteiger partial charge in [0.25, 0.3) is 0 Å². The fourth-order valence-corrected chi connectivity index (χ4v) is 1.93. The zero-order chi connectivity index (χ0) is 11.5. The van der Waals surface area contributed by atoms with Crippen molar-refractivity contribution in [2.75, 3.05) is 32.7 Å². The first-order chi connectivity index (χ1) is 6.95. The Morgan fingerprint density at radius 3 is 2.27 bits per heavy atom. The van der Waals surface area contributed by atoms with Crippen LogP contribution < -0.4 is 0 Å². The van der Waals surface area contributed by atoms with Crippen molar-refractivity contribution in [3.8, 4) is 6.07 Å². The van der Waals surface area contributed by atoms with Crippen LogP contribution in [-0.4, -0.2) is 59.3 Å². The van der Waals surface area contributed by atoms with Crippen LogP contribution >= 0.6 is 0 Å². The quantitative estimate of drug-likeness (QED) is 0.729. The Labute approximate surface area is 92.1 Å². The van der Waals surface area contributed by atoms with E-state index >= 15 is 0 Å². The van der Waals surface area contributed by atoms with E-state index in [0.717, 1.165) is 32.7 Å². The maximum absolute atomic E-state index is 9.27. The summed E-state index contributed by atoms with van der Waals surface area (Å²) in [6.07, 6.45) is -0.263. The molecule has 1 aliphatic rings. The van der Waals surface area contributed by atoms with E-state index < -0.39 is 0 Å². The van der Waals surface area contributed by atoms with Crippen LogP contribution in [0, 0.1) is 11.3 Å². The summed E-state index contributed by atoms with van der Waals surface area (Å²) in [6.45, 7) is 10.2. The van der Waals surface area contributed by atoms with Crippen molar-refractivity contribution in [3.05, 3.63) is 0 Å². The summed E-state index contributed by atoms with van der Waals surface area (Å²) in [7, 11) is 0. The maximum atomic E-state index is 9.27. The highest BCUT2D eigenvalue weighted by atomic mass is 16.3. The summed E-state index contributed by atoms with van der Waals surface area (Å²) >= 11 is 0. The predicted molar refractivity (Wildman–Crippen MR) is 59.4 cm³/mol. The van der Waals surface area contributed by atoms with Crippen LogP contribution in [0.1, 0.15) is 20.8 Å². The number of nitrogens with zero attached hydrogens (tertiary/aromatic N) is 3. The number of rotatable bonds is 3. The summed E-state index contributed by atoms with van der Waals surface area (Å²) in [5.74, 6) is 0. The lowest BCUT2D eigenvalue weighted by molar-refractivity contribution is 0.0524. The minimum Gasteiger partial charge on any atom is -0.392 e. The average Bonchev–Trinajstić information content (AvgIpc) is 2.18. The second-order valence-corrected chi connectivity index (χ2v) is 4.81. The minimum absolute atomic E-state index is 0.263. The molecule has 1 N–H and O–H groups in total. The van der Waals surface area contributed by atoms with Crippen molar-refractivity contribution < 1.29 is 5.11 Å². The van der Waals surface area contributed by atoms with Gasteiger partial charge in [-0.1, -0.05) is 0 Å². The Bertz CT molecular complexity index is 237. The van der Waals surface area contributed by atoms with Crippen molar-refractivity contribution in [2.45, 2.75) is 32.4 Å². The summed E-state index contributed by atoms with van der Waals surface area (Å²) in [5, 5.41) is 18.3. The monoisotopic (exact) mass is 211 g/mol. The molecule has 1 atom stereocenters. The van der Waals surface area contributed by atoms with E-state index in [1.54, 1.807) is 0 Å². The van der Waals surface area contributed by atoms with Crippen molar-refractivity contribution in [1.82, 2.24) is 9.80 Å². The lowest BCUT2D eigenvalue weighted by Gasteiger charge is -2.40. The Balaban J connectivity index is 2.40. The van der Waals surface area contributed by atoms with Crippen LogP contribution in [0.5, 0.6) is 0 Å². The molecule has 0 amide bonds. The average molecular weight is 211 g/mol. The molecule has 86 valence electrons. The van der Waals surface area contributed by atoms with Gasteiger partial charge in [-0.25, -0.2) is 0 Å². The van der Waals surface area contributed by atoms with Gasteiger partial charge < -0.3 is 5.11 Å². The van der Waals surface area contributed by atoms with Crippen molar-refractivity contribution >= 4 is 0 Å². The van der Waals surface area contributed by atoms with Gasteiger partial charge in [-0.3, -0.25) is 9.80 Å². The molecule has 0 aromatic carbocycles. The van der Waals surface area contributed by atoms with Crippen LogP contribution in [0.4, 0.5) is 0 Å². The molecular formula is C11H21N3O. The number of β-amino-alcohol motifs (C(OH)–C–C–N with tert-alkyl or cyclic N) is 1. The minimum atomic E-state index is -0.364. The van der Waals surface area contributed by atoms with Crippen LogP contribution in [0.15, 0.2) is 0 Å². The van der Waals surface area contributed by atoms with E-state index in [-0.39, 0.29) is 11.6 Å². The molecule has 0 aromatic heterocycles. The molecule has 0 spiro atoms. The molecule has 4 heteroatoms. The van der Waals surface area contributed by atoms with Gasteiger partial charge in [0.1, 0.15) is 5.54 Å². The number of piperazine rings is 1. The van der Waals surface area contributed by atoms with E-state index in [9.17, 15) is 5.11 Å². The number of hydrogen-bond acceptors (Lipinski definition) is 4. The standard InChI is InChI=1S/C11H21N3O/c1-10(15)8-13-4-6-14(7-5-13)11(2,3)9-12/h10,15H,4-8H2,1-3H3. The van der Waals surface area contributed by atoms with Gasteiger partial charge in [-0.15, -0.1) is 0 Å². The van der Waals surface area contributed by atoms with Gasteiger partial charge in [0.2, 0.25) is 0 Å². The highest BCUT2D eigenvalue weighted by Gasteiger charge is 2.29. The second kappa shape index (κ2) is 4.93. The van der Waals surface area contributed by atoms with E-state index in [1.165, 1.54) is 0 Å². The Morgan fingerprint density at radius 1 is 1.33 bits per heavy atom. The van der Waals surface area contributed by atoms with Gasteiger partial charge in [-0.2, -0.15) is 5.26 Å². The zero-order valence-corrected chi connectivity index (χ0v) is 9.90. The van der Waals surface area contributed by atoms with Crippen molar-refractivity contribution in [1.29, 1.82) is 5.26 Å². The smallest absolute Gasteiger partial charge is 0.103 e. The fourth-order valence-electron chi connectivity index (χ4n) is 1.93. The number of nitriles is 1. The van der Waals surface area contributed by atoms with Gasteiger partial charge in [0.15, 0.2) is 0 Å². The van der Waals surface area contributed by atoms with Crippen molar-refractivity contribution in [3.63, 3.8) is 0 Å². The molecule has 0 radical (unpaired) electrons. The SMILES string of the molecule is CC(O)CN1CCN(C(C)(C)C#N)CC1. The third-order valence-corrected chi connectivity index (χ3v) is 2.96. The van der Waals surface area contributed by atoms with Gasteiger partial charge >= 0.3 is 0 Å². The first-order valence-corrected chi connectivity index (χ1v) is 5.52. The largest absolute Gasteiger partial charge is 0.392 e. The van der Waals surface area contributed by atoms with E-state index in [2.05, 4.69) is 15.9 Å². The molecule has 1 rings (SSSR count). The molecule has 1 unspecified atom stereocenters. The molecule has 0 aromatic rings. The van der Waals surface area contributed by atoms with E-state index in [1.807, 2.05) is 20.8 Å². The maximum Gasteiger partial charge on any atom is 0.103 e. The molecule has 1 heterocycles. The Hall–Kier alpha value is -0.630. The summed E-state index contributed by atoms with van der Waals surface area (Å²) in [6, 6.07) is 2.32. The summed E-state index contributed by atoms with van der Waals surface area (Å²) in [5.41, 5.74) is -0.364. The molecule has 4 nitrogen and oxygen atoms in total. The van der Waals surface area contributed by atoms with Crippen LogP contribution in [0.2, 0.25) is 0 Å². The number of hydrogen-bond donors (Lipinski definition) is 1. The predicted octanol–water partition coefficient (Wildman–Crippen LogP) is 0.287. The van der Waals surface area contributed by atoms with Gasteiger partial charge in [0.05, 0.1) is 12.2 Å². The molecule has 0 bridgehead atoms. The van der Waals surface area contributed by atoms with Gasteiger partial charge in [-0.05, 0) is 20.8 Å². The third-order valence-electron chi connectivity index (χ3n) is 2.96. The molecule has 0 saturated carbocycles. The number of aliphatic hydroxyl groups is 1. The van der Waals surface area contributed by atoms with E-state index in [4.69, 9.17) is 5.26 Å². The van der Waals surface area contributed by atoms with Crippen LogP contribution in [0.3, 0.4) is 0 Å². The molecule has 15 heavy (non-hydrogen) atoms. The summed E-state index contributed by atoms with van der Waals surface area (Å²) in [4.78, 5) is 4.44.